The molecule has 0 aromatic carbocycles. The van der Waals surface area contributed by atoms with E-state index in [4.69, 9.17) is 0 Å². The molecule has 0 amide bonds. The van der Waals surface area contributed by atoms with Crippen molar-refractivity contribution in [3.8, 4) is 10.6 Å². The van der Waals surface area contributed by atoms with Crippen molar-refractivity contribution in [2.75, 3.05) is 11.9 Å². The Bertz CT molecular complexity index is 440. The number of anilines is 1. The summed E-state index contributed by atoms with van der Waals surface area (Å²) in [6.07, 6.45) is 7.36. The molecular weight excluding hydrogens is 230 g/mol. The fourth-order valence-electron chi connectivity index (χ4n) is 1.62. The van der Waals surface area contributed by atoms with Gasteiger partial charge in [0.1, 0.15) is 10.8 Å². The lowest BCUT2D eigenvalue weighted by Crippen LogP contribution is -2.02. The molecule has 90 valence electrons. The summed E-state index contributed by atoms with van der Waals surface area (Å²) in [4.78, 5) is 8.61. The molecule has 0 spiro atoms. The zero-order valence-corrected chi connectivity index (χ0v) is 10.8. The van der Waals surface area contributed by atoms with Crippen LogP contribution in [0.15, 0.2) is 29.9 Å². The highest BCUT2D eigenvalue weighted by Crippen LogP contribution is 2.22. The molecule has 2 aromatic rings. The van der Waals surface area contributed by atoms with Crippen LogP contribution in [0, 0.1) is 0 Å². The molecule has 1 N–H and O–H groups in total. The Hall–Kier alpha value is -1.42. The van der Waals surface area contributed by atoms with Gasteiger partial charge in [-0.3, -0.25) is 0 Å². The minimum atomic E-state index is 0.939. The normalized spacial score (nSPS) is 10.4. The van der Waals surface area contributed by atoms with E-state index in [2.05, 4.69) is 28.3 Å². The van der Waals surface area contributed by atoms with Crippen molar-refractivity contribution in [1.82, 2.24) is 9.97 Å². The van der Waals surface area contributed by atoms with Crippen molar-refractivity contribution < 1.29 is 0 Å². The molecule has 2 aromatic heterocycles. The summed E-state index contributed by atoms with van der Waals surface area (Å²) in [5.41, 5.74) is 1.13. The van der Waals surface area contributed by atoms with Crippen LogP contribution in [0.2, 0.25) is 0 Å². The van der Waals surface area contributed by atoms with Gasteiger partial charge in [0.05, 0.1) is 0 Å². The molecule has 0 aliphatic heterocycles. The zero-order valence-electron chi connectivity index (χ0n) is 10.0. The molecule has 2 heterocycles. The Kier molecular flexibility index (Phi) is 4.50. The highest BCUT2D eigenvalue weighted by atomic mass is 32.1. The first kappa shape index (κ1) is 12.0. The van der Waals surface area contributed by atoms with E-state index in [9.17, 15) is 0 Å². The minimum absolute atomic E-state index is 0.939. The predicted octanol–water partition coefficient (Wildman–Crippen LogP) is 3.81. The van der Waals surface area contributed by atoms with Gasteiger partial charge in [0.25, 0.3) is 0 Å². The Morgan fingerprint density at radius 3 is 2.94 bits per heavy atom. The second-order valence-corrected chi connectivity index (χ2v) is 4.80. The SMILES string of the molecule is CCCCCNc1cc(-c2nccs2)ccn1. The summed E-state index contributed by atoms with van der Waals surface area (Å²) in [5.74, 6) is 0.939. The first-order valence-electron chi connectivity index (χ1n) is 6.00. The molecule has 0 fully saturated rings. The lowest BCUT2D eigenvalue weighted by atomic mass is 10.2. The second kappa shape index (κ2) is 6.35. The Labute approximate surface area is 106 Å². The molecule has 0 bridgehead atoms. The van der Waals surface area contributed by atoms with Gasteiger partial charge in [-0.05, 0) is 18.6 Å². The number of aromatic nitrogens is 2. The Balaban J connectivity index is 1.97. The van der Waals surface area contributed by atoms with E-state index in [1.54, 1.807) is 11.3 Å². The summed E-state index contributed by atoms with van der Waals surface area (Å²) in [6.45, 7) is 3.20. The fraction of sp³-hybridized carbons (Fsp3) is 0.385. The lowest BCUT2D eigenvalue weighted by molar-refractivity contribution is 0.742. The summed E-state index contributed by atoms with van der Waals surface area (Å²) in [5, 5.41) is 6.38. The van der Waals surface area contributed by atoms with E-state index in [0.717, 1.165) is 22.9 Å². The Morgan fingerprint density at radius 1 is 1.24 bits per heavy atom. The Morgan fingerprint density at radius 2 is 2.18 bits per heavy atom. The fourth-order valence-corrected chi connectivity index (χ4v) is 2.25. The average Bonchev–Trinajstić information content (AvgIpc) is 2.89. The molecule has 0 aliphatic carbocycles. The van der Waals surface area contributed by atoms with Gasteiger partial charge in [-0.2, -0.15) is 0 Å². The van der Waals surface area contributed by atoms with Gasteiger partial charge < -0.3 is 5.32 Å². The number of pyridine rings is 1. The van der Waals surface area contributed by atoms with Gasteiger partial charge >= 0.3 is 0 Å². The van der Waals surface area contributed by atoms with Crippen LogP contribution in [0.1, 0.15) is 26.2 Å². The monoisotopic (exact) mass is 247 g/mol. The van der Waals surface area contributed by atoms with Gasteiger partial charge in [0.2, 0.25) is 0 Å². The molecule has 3 nitrogen and oxygen atoms in total. The van der Waals surface area contributed by atoms with Crippen molar-refractivity contribution >= 4 is 17.2 Å². The maximum absolute atomic E-state index is 4.31. The molecule has 2 rings (SSSR count). The number of nitrogens with one attached hydrogen (secondary N) is 1. The molecule has 0 unspecified atom stereocenters. The summed E-state index contributed by atoms with van der Waals surface area (Å²) in [7, 11) is 0. The van der Waals surface area contributed by atoms with Crippen LogP contribution in [-0.4, -0.2) is 16.5 Å². The standard InChI is InChI=1S/C13H17N3S/c1-2-3-4-6-14-12-10-11(5-7-15-12)13-16-8-9-17-13/h5,7-10H,2-4,6H2,1H3,(H,14,15). The lowest BCUT2D eigenvalue weighted by Gasteiger charge is -2.05. The molecule has 0 saturated heterocycles. The highest BCUT2D eigenvalue weighted by Gasteiger charge is 2.01. The predicted molar refractivity (Wildman–Crippen MR) is 73.4 cm³/mol. The van der Waals surface area contributed by atoms with Crippen molar-refractivity contribution in [1.29, 1.82) is 0 Å². The van der Waals surface area contributed by atoms with E-state index in [-0.39, 0.29) is 0 Å². The maximum atomic E-state index is 4.31. The summed E-state index contributed by atoms with van der Waals surface area (Å²) < 4.78 is 0. The third-order valence-electron chi connectivity index (χ3n) is 2.53. The number of hydrogen-bond acceptors (Lipinski definition) is 4. The molecule has 0 saturated carbocycles. The van der Waals surface area contributed by atoms with Crippen LogP contribution in [-0.2, 0) is 0 Å². The largest absolute Gasteiger partial charge is 0.370 e. The van der Waals surface area contributed by atoms with Crippen LogP contribution in [0.3, 0.4) is 0 Å². The molecule has 4 heteroatoms. The third-order valence-corrected chi connectivity index (χ3v) is 3.35. The van der Waals surface area contributed by atoms with Gasteiger partial charge in [-0.1, -0.05) is 19.8 Å². The van der Waals surface area contributed by atoms with E-state index in [1.807, 2.05) is 23.8 Å². The number of unbranched alkanes of at least 4 members (excludes halogenated alkanes) is 2. The van der Waals surface area contributed by atoms with Crippen LogP contribution < -0.4 is 5.32 Å². The molecular formula is C13H17N3S. The molecule has 0 atom stereocenters. The summed E-state index contributed by atoms with van der Waals surface area (Å²) in [6, 6.07) is 4.06. The second-order valence-electron chi connectivity index (χ2n) is 3.90. The summed E-state index contributed by atoms with van der Waals surface area (Å²) >= 11 is 1.65. The van der Waals surface area contributed by atoms with Crippen molar-refractivity contribution in [2.24, 2.45) is 0 Å². The van der Waals surface area contributed by atoms with Crippen molar-refractivity contribution in [2.45, 2.75) is 26.2 Å². The van der Waals surface area contributed by atoms with Crippen LogP contribution in [0.4, 0.5) is 5.82 Å². The van der Waals surface area contributed by atoms with Crippen LogP contribution in [0.25, 0.3) is 10.6 Å². The molecule has 0 radical (unpaired) electrons. The third kappa shape index (κ3) is 3.53. The number of nitrogens with zero attached hydrogens (tertiary/aromatic N) is 2. The minimum Gasteiger partial charge on any atom is -0.370 e. The highest BCUT2D eigenvalue weighted by molar-refractivity contribution is 7.13. The smallest absolute Gasteiger partial charge is 0.126 e. The number of thiazole rings is 1. The molecule has 0 aliphatic rings. The van der Waals surface area contributed by atoms with E-state index < -0.39 is 0 Å². The first-order valence-corrected chi connectivity index (χ1v) is 6.88. The number of rotatable bonds is 6. The van der Waals surface area contributed by atoms with E-state index in [1.165, 1.54) is 19.3 Å². The van der Waals surface area contributed by atoms with Crippen molar-refractivity contribution in [3.63, 3.8) is 0 Å². The van der Waals surface area contributed by atoms with Crippen molar-refractivity contribution in [3.05, 3.63) is 29.9 Å². The molecule has 17 heavy (non-hydrogen) atoms. The van der Waals surface area contributed by atoms with Crippen LogP contribution >= 0.6 is 11.3 Å². The maximum Gasteiger partial charge on any atom is 0.126 e. The van der Waals surface area contributed by atoms with E-state index in [0.29, 0.717) is 0 Å². The quantitative estimate of drug-likeness (QED) is 0.789. The first-order chi connectivity index (χ1) is 8.40. The number of hydrogen-bond donors (Lipinski definition) is 1. The average molecular weight is 247 g/mol. The van der Waals surface area contributed by atoms with E-state index >= 15 is 0 Å². The van der Waals surface area contributed by atoms with Gasteiger partial charge in [-0.25, -0.2) is 9.97 Å². The van der Waals surface area contributed by atoms with Gasteiger partial charge in [0, 0.05) is 29.9 Å². The zero-order chi connectivity index (χ0) is 11.9. The van der Waals surface area contributed by atoms with Gasteiger partial charge in [-0.15, -0.1) is 11.3 Å². The van der Waals surface area contributed by atoms with Gasteiger partial charge in [0.15, 0.2) is 0 Å². The topological polar surface area (TPSA) is 37.8 Å². The van der Waals surface area contributed by atoms with Crippen LogP contribution in [0.5, 0.6) is 0 Å².